The second-order valence-corrected chi connectivity index (χ2v) is 8.09. The third kappa shape index (κ3) is 5.64. The van der Waals surface area contributed by atoms with Gasteiger partial charge in [-0.15, -0.1) is 0 Å². The van der Waals surface area contributed by atoms with Crippen molar-refractivity contribution in [2.24, 2.45) is 0 Å². The summed E-state index contributed by atoms with van der Waals surface area (Å²) < 4.78 is 13.4. The zero-order valence-corrected chi connectivity index (χ0v) is 18.6. The van der Waals surface area contributed by atoms with Crippen LogP contribution in [-0.4, -0.2) is 7.11 Å². The van der Waals surface area contributed by atoms with Crippen molar-refractivity contribution < 1.29 is 9.47 Å². The van der Waals surface area contributed by atoms with Crippen LogP contribution in [0.2, 0.25) is 5.02 Å². The van der Waals surface area contributed by atoms with E-state index in [0.717, 1.165) is 25.8 Å². The molecule has 6 heteroatoms. The Hall–Kier alpha value is -1.69. The number of halogens is 3. The lowest BCUT2D eigenvalue weighted by Gasteiger charge is -2.15. The fourth-order valence-electron chi connectivity index (χ4n) is 2.55. The first-order valence-electron chi connectivity index (χ1n) is 8.28. The van der Waals surface area contributed by atoms with Crippen LogP contribution in [0, 0.1) is 0 Å². The molecule has 0 aliphatic carbocycles. The van der Waals surface area contributed by atoms with Gasteiger partial charge >= 0.3 is 0 Å². The number of nitrogens with one attached hydrogen (secondary N) is 1. The van der Waals surface area contributed by atoms with Crippen LogP contribution in [0.3, 0.4) is 0 Å². The van der Waals surface area contributed by atoms with E-state index in [-0.39, 0.29) is 0 Å². The highest BCUT2D eigenvalue weighted by molar-refractivity contribution is 9.10. The molecule has 140 valence electrons. The molecule has 3 aromatic rings. The average Bonchev–Trinajstić information content (AvgIpc) is 2.66. The molecule has 0 radical (unpaired) electrons. The number of benzene rings is 3. The predicted molar refractivity (Wildman–Crippen MR) is 118 cm³/mol. The third-order valence-electron chi connectivity index (χ3n) is 3.91. The van der Waals surface area contributed by atoms with Crippen molar-refractivity contribution in [3.05, 3.63) is 85.8 Å². The molecule has 0 heterocycles. The molecular formula is C21H18Br2ClNO2. The molecule has 0 unspecified atom stereocenters. The lowest BCUT2D eigenvalue weighted by molar-refractivity contribution is 0.282. The Bertz CT molecular complexity index is 917. The molecule has 0 aliphatic rings. The van der Waals surface area contributed by atoms with Gasteiger partial charge in [-0.3, -0.25) is 0 Å². The first-order valence-corrected chi connectivity index (χ1v) is 10.2. The first-order chi connectivity index (χ1) is 13.0. The molecule has 3 rings (SSSR count). The van der Waals surface area contributed by atoms with Crippen LogP contribution in [-0.2, 0) is 13.2 Å². The fraction of sp³-hybridized carbons (Fsp3) is 0.143. The summed E-state index contributed by atoms with van der Waals surface area (Å²) in [6.45, 7) is 1.10. The van der Waals surface area contributed by atoms with Crippen molar-refractivity contribution in [2.75, 3.05) is 12.4 Å². The lowest BCUT2D eigenvalue weighted by Crippen LogP contribution is -2.02. The van der Waals surface area contributed by atoms with E-state index in [1.54, 1.807) is 7.11 Å². The fourth-order valence-corrected chi connectivity index (χ4v) is 3.61. The van der Waals surface area contributed by atoms with Gasteiger partial charge in [0.15, 0.2) is 11.5 Å². The largest absolute Gasteiger partial charge is 0.493 e. The van der Waals surface area contributed by atoms with E-state index < -0.39 is 0 Å². The van der Waals surface area contributed by atoms with E-state index >= 15 is 0 Å². The zero-order chi connectivity index (χ0) is 19.2. The zero-order valence-electron chi connectivity index (χ0n) is 14.6. The van der Waals surface area contributed by atoms with Crippen molar-refractivity contribution in [3.8, 4) is 11.5 Å². The summed E-state index contributed by atoms with van der Waals surface area (Å²) in [7, 11) is 1.64. The van der Waals surface area contributed by atoms with Crippen molar-refractivity contribution in [1.82, 2.24) is 0 Å². The molecule has 1 N–H and O–H groups in total. The van der Waals surface area contributed by atoms with Gasteiger partial charge in [0.2, 0.25) is 0 Å². The molecular weight excluding hydrogens is 493 g/mol. The van der Waals surface area contributed by atoms with E-state index in [0.29, 0.717) is 29.7 Å². The van der Waals surface area contributed by atoms with Crippen LogP contribution >= 0.6 is 43.5 Å². The number of ether oxygens (including phenoxy) is 2. The summed E-state index contributed by atoms with van der Waals surface area (Å²) in [5, 5.41) is 4.06. The van der Waals surface area contributed by atoms with Crippen molar-refractivity contribution in [2.45, 2.75) is 13.2 Å². The van der Waals surface area contributed by atoms with Gasteiger partial charge in [-0.05, 0) is 69.5 Å². The molecule has 0 spiro atoms. The topological polar surface area (TPSA) is 30.5 Å². The Kier molecular flexibility index (Phi) is 7.05. The maximum absolute atomic E-state index is 6.03. The second kappa shape index (κ2) is 9.49. The summed E-state index contributed by atoms with van der Waals surface area (Å²) in [6.07, 6.45) is 0. The normalized spacial score (nSPS) is 10.5. The van der Waals surface area contributed by atoms with Gasteiger partial charge in [0.1, 0.15) is 6.61 Å². The average molecular weight is 512 g/mol. The number of anilines is 1. The smallest absolute Gasteiger partial charge is 0.175 e. The van der Waals surface area contributed by atoms with Crippen molar-refractivity contribution in [1.29, 1.82) is 0 Å². The van der Waals surface area contributed by atoms with E-state index in [1.807, 2.05) is 60.7 Å². The number of rotatable bonds is 7. The van der Waals surface area contributed by atoms with Gasteiger partial charge in [-0.2, -0.15) is 0 Å². The van der Waals surface area contributed by atoms with Gasteiger partial charge < -0.3 is 14.8 Å². The van der Waals surface area contributed by atoms with E-state index in [2.05, 4.69) is 37.2 Å². The second-order valence-electron chi connectivity index (χ2n) is 5.89. The van der Waals surface area contributed by atoms with E-state index in [1.165, 1.54) is 0 Å². The van der Waals surface area contributed by atoms with E-state index in [4.69, 9.17) is 21.1 Å². The minimum Gasteiger partial charge on any atom is -0.493 e. The highest BCUT2D eigenvalue weighted by atomic mass is 79.9. The van der Waals surface area contributed by atoms with Crippen LogP contribution < -0.4 is 14.8 Å². The van der Waals surface area contributed by atoms with Gasteiger partial charge in [0.05, 0.1) is 11.6 Å². The SMILES string of the molecule is COc1cc(CNc2cccc(Cl)c2)cc(Br)c1OCc1ccc(Br)cc1. The Labute approximate surface area is 180 Å². The standard InChI is InChI=1S/C21H18Br2ClNO2/c1-26-20-10-15(12-25-18-4-2-3-17(24)11-18)9-19(23)21(20)27-13-14-5-7-16(22)8-6-14/h2-11,25H,12-13H2,1H3. The molecule has 0 fully saturated rings. The molecule has 27 heavy (non-hydrogen) atoms. The summed E-state index contributed by atoms with van der Waals surface area (Å²) in [4.78, 5) is 0. The van der Waals surface area contributed by atoms with Gasteiger partial charge in [-0.1, -0.05) is 45.7 Å². The summed E-state index contributed by atoms with van der Waals surface area (Å²) in [5.74, 6) is 1.37. The number of methoxy groups -OCH3 is 1. The van der Waals surface area contributed by atoms with Gasteiger partial charge in [-0.25, -0.2) is 0 Å². The van der Waals surface area contributed by atoms with Crippen LogP contribution in [0.4, 0.5) is 5.69 Å². The molecule has 0 amide bonds. The molecule has 0 saturated heterocycles. The monoisotopic (exact) mass is 509 g/mol. The number of hydrogen-bond donors (Lipinski definition) is 1. The maximum Gasteiger partial charge on any atom is 0.175 e. The van der Waals surface area contributed by atoms with E-state index in [9.17, 15) is 0 Å². The Morgan fingerprint density at radius 2 is 1.74 bits per heavy atom. The van der Waals surface area contributed by atoms with Crippen LogP contribution in [0.1, 0.15) is 11.1 Å². The molecule has 0 aromatic heterocycles. The molecule has 0 atom stereocenters. The van der Waals surface area contributed by atoms with Crippen LogP contribution in [0.25, 0.3) is 0 Å². The molecule has 0 bridgehead atoms. The minimum absolute atomic E-state index is 0.461. The Balaban J connectivity index is 1.71. The lowest BCUT2D eigenvalue weighted by atomic mass is 10.2. The quantitative estimate of drug-likeness (QED) is 0.368. The highest BCUT2D eigenvalue weighted by Crippen LogP contribution is 2.37. The summed E-state index contributed by atoms with van der Waals surface area (Å²) >= 11 is 13.1. The molecule has 0 saturated carbocycles. The third-order valence-corrected chi connectivity index (χ3v) is 5.26. The Morgan fingerprint density at radius 1 is 0.963 bits per heavy atom. The van der Waals surface area contributed by atoms with Crippen LogP contribution in [0.15, 0.2) is 69.6 Å². The maximum atomic E-state index is 6.03. The van der Waals surface area contributed by atoms with Gasteiger partial charge in [0.25, 0.3) is 0 Å². The first kappa shape index (κ1) is 20.1. The minimum atomic E-state index is 0.461. The predicted octanol–water partition coefficient (Wildman–Crippen LogP) is 7.06. The van der Waals surface area contributed by atoms with Crippen LogP contribution in [0.5, 0.6) is 11.5 Å². The van der Waals surface area contributed by atoms with Crippen molar-refractivity contribution in [3.63, 3.8) is 0 Å². The summed E-state index contributed by atoms with van der Waals surface area (Å²) in [5.41, 5.74) is 3.11. The van der Waals surface area contributed by atoms with Crippen molar-refractivity contribution >= 4 is 49.1 Å². The molecule has 0 aliphatic heterocycles. The molecule has 3 nitrogen and oxygen atoms in total. The number of hydrogen-bond acceptors (Lipinski definition) is 3. The Morgan fingerprint density at radius 3 is 2.44 bits per heavy atom. The molecule has 3 aromatic carbocycles. The summed E-state index contributed by atoms with van der Waals surface area (Å²) in [6, 6.07) is 19.7. The highest BCUT2D eigenvalue weighted by Gasteiger charge is 2.12. The van der Waals surface area contributed by atoms with Gasteiger partial charge in [0, 0.05) is 21.7 Å².